The second-order valence-corrected chi connectivity index (χ2v) is 17.2. The Morgan fingerprint density at radius 1 is 0.857 bits per heavy atom. The minimum atomic E-state index is -4.77. The van der Waals surface area contributed by atoms with Crippen LogP contribution in [0, 0.1) is 13.8 Å². The molecule has 4 aromatic carbocycles. The van der Waals surface area contributed by atoms with Gasteiger partial charge in [-0.15, -0.1) is 0 Å². The molecule has 1 aliphatic heterocycles. The van der Waals surface area contributed by atoms with Crippen molar-refractivity contribution >= 4 is 112 Å². The molecule has 2 unspecified atom stereocenters. The van der Waals surface area contributed by atoms with E-state index in [-0.39, 0.29) is 43.5 Å². The van der Waals surface area contributed by atoms with E-state index < -0.39 is 17.4 Å². The van der Waals surface area contributed by atoms with E-state index in [1.807, 2.05) is 51.1 Å². The van der Waals surface area contributed by atoms with Crippen LogP contribution in [-0.4, -0.2) is 60.2 Å². The van der Waals surface area contributed by atoms with Gasteiger partial charge in [-0.2, -0.15) is 13.2 Å². The average Bonchev–Trinajstić information content (AvgIpc) is 3.51. The van der Waals surface area contributed by atoms with Crippen LogP contribution in [0.1, 0.15) is 101 Å². The number of oxime groups is 2. The summed E-state index contributed by atoms with van der Waals surface area (Å²) in [5.41, 5.74) is 2.73. The van der Waals surface area contributed by atoms with Crippen LogP contribution in [0.2, 0.25) is 20.1 Å². The van der Waals surface area contributed by atoms with Crippen molar-refractivity contribution < 1.29 is 32.8 Å². The van der Waals surface area contributed by atoms with Crippen LogP contribution >= 0.6 is 75.1 Å². The molecule has 0 fully saturated rings. The molecule has 2 amide bonds. The number of unbranched alkanes of at least 4 members (excludes halogenated alkanes) is 2. The number of aryl methyl sites for hydroxylation is 2. The van der Waals surface area contributed by atoms with Crippen molar-refractivity contribution in [2.45, 2.75) is 76.9 Å². The molecule has 5 rings (SSSR count). The number of hydrogen-bond acceptors (Lipinski definition) is 8. The maximum atomic E-state index is 13.7. The number of benzene rings is 4. The van der Waals surface area contributed by atoms with Crippen molar-refractivity contribution in [3.05, 3.63) is 143 Å². The number of rotatable bonds is 13. The van der Waals surface area contributed by atoms with Gasteiger partial charge in [-0.05, 0) is 117 Å². The molecule has 0 aromatic heterocycles. The zero-order chi connectivity index (χ0) is 47.1. The van der Waals surface area contributed by atoms with Crippen molar-refractivity contribution in [3.8, 4) is 0 Å². The fourth-order valence-electron chi connectivity index (χ4n) is 6.18. The molecule has 19 heteroatoms. The minimum absolute atomic E-state index is 0.0365. The number of carbonyl (C=O) groups excluding carboxylic acids is 2. The Bertz CT molecular complexity index is 2330. The van der Waals surface area contributed by atoms with Crippen molar-refractivity contribution in [2.24, 2.45) is 14.6 Å². The Labute approximate surface area is 400 Å². The number of amides is 2. The van der Waals surface area contributed by atoms with E-state index in [0.717, 1.165) is 60.2 Å². The quantitative estimate of drug-likeness (QED) is 0.0202. The first-order valence-corrected chi connectivity index (χ1v) is 22.2. The summed E-state index contributed by atoms with van der Waals surface area (Å²) in [7, 11) is 4.34. The summed E-state index contributed by atoms with van der Waals surface area (Å²) < 4.78 is 43.9. The predicted octanol–water partition coefficient (Wildman–Crippen LogP) is 13.1. The molecule has 1 radical (unpaired) electrons. The molecular weight excluding hydrogens is 984 g/mol. The first kappa shape index (κ1) is 53.5. The Morgan fingerprint density at radius 3 is 1.78 bits per heavy atom. The SMILES string of the molecule is CCCCNC(=O)c1ccc(C(/C=C(/c2cc(Cl)cc(Cl)c2)C(F)(F)F)=N\O)cc1C.CCCCNC(=O)c1ccc(C2=NOC(C)(c3cc(Cl)cc(Cl)c3)C2Br)cc1C.[B]=NS. The number of hydrogen-bond donors (Lipinski definition) is 4. The van der Waals surface area contributed by atoms with Gasteiger partial charge >= 0.3 is 30.9 Å². The van der Waals surface area contributed by atoms with Gasteiger partial charge in [0.1, 0.15) is 16.3 Å². The number of nitrogens with zero attached hydrogens (tertiary/aromatic N) is 3. The van der Waals surface area contributed by atoms with Crippen molar-refractivity contribution in [1.82, 2.24) is 10.6 Å². The van der Waals surface area contributed by atoms with E-state index in [4.69, 9.17) is 51.2 Å². The number of alkyl halides is 4. The number of carbonyl (C=O) groups is 2. The molecule has 63 heavy (non-hydrogen) atoms. The normalized spacial score (nSPS) is 16.1. The summed E-state index contributed by atoms with van der Waals surface area (Å²) in [5, 5.41) is 23.7. The molecule has 3 N–H and O–H groups in total. The third kappa shape index (κ3) is 15.1. The standard InChI is InChI=1S/C22H23BrCl2N2O2.C22H21Cl2F3N2O2.BHNS/c1-4-5-8-26-21(28)18-7-6-14(9-13(18)2)19-20(23)22(3,29-27-19)15-10-16(24)12-17(25)11-15;1-3-4-7-28-21(30)18-6-5-14(8-13(18)2)20(29-31)12-19(22(25,26)27)15-9-16(23)11-17(24)10-15;1-2-3/h6-7,9-12,20H,4-5,8H2,1-3H3,(H,26,28);5-6,8-12,31H,3-4,7H2,1-2H3,(H,28,30);3H/b;19-12-,29-20-;. The van der Waals surface area contributed by atoms with Crippen molar-refractivity contribution in [3.63, 3.8) is 0 Å². The van der Waals surface area contributed by atoms with Gasteiger partial charge in [-0.1, -0.05) is 111 Å². The molecule has 0 bridgehead atoms. The molecule has 0 saturated carbocycles. The summed E-state index contributed by atoms with van der Waals surface area (Å²) in [6, 6.07) is 19.0. The van der Waals surface area contributed by atoms with Gasteiger partial charge in [-0.25, -0.2) is 0 Å². The molecule has 2 atom stereocenters. The molecule has 1 heterocycles. The average molecular weight is 1030 g/mol. The fraction of sp³-hybridized carbons (Fsp3) is 0.318. The molecule has 9 nitrogen and oxygen atoms in total. The van der Waals surface area contributed by atoms with Gasteiger partial charge < -0.3 is 20.7 Å². The summed E-state index contributed by atoms with van der Waals surface area (Å²) in [4.78, 5) is 30.3. The number of nitrogens with one attached hydrogen (secondary N) is 2. The number of thiol groups is 1. The monoisotopic (exact) mass is 1030 g/mol. The van der Waals surface area contributed by atoms with Crippen LogP contribution in [-0.2, 0) is 10.4 Å². The summed E-state index contributed by atoms with van der Waals surface area (Å²) >= 11 is 31.0. The van der Waals surface area contributed by atoms with Crippen molar-refractivity contribution in [1.29, 1.82) is 0 Å². The first-order valence-electron chi connectivity index (χ1n) is 19.4. The van der Waals surface area contributed by atoms with E-state index in [2.05, 4.69) is 68.6 Å². The van der Waals surface area contributed by atoms with Crippen LogP contribution in [0.25, 0.3) is 5.57 Å². The maximum absolute atomic E-state index is 13.7. The van der Waals surface area contributed by atoms with Crippen LogP contribution in [0.5, 0.6) is 0 Å². The fourth-order valence-corrected chi connectivity index (χ4v) is 7.93. The first-order chi connectivity index (χ1) is 29.7. The molecule has 4 aromatic rings. The number of halogens is 8. The van der Waals surface area contributed by atoms with Crippen LogP contribution in [0.3, 0.4) is 0 Å². The molecule has 0 spiro atoms. The van der Waals surface area contributed by atoms with E-state index in [1.165, 1.54) is 24.3 Å². The summed E-state index contributed by atoms with van der Waals surface area (Å²) in [6.45, 7) is 10.8. The number of allylic oxidation sites excluding steroid dienone is 2. The Morgan fingerprint density at radius 2 is 1.33 bits per heavy atom. The van der Waals surface area contributed by atoms with E-state index in [0.29, 0.717) is 45.9 Å². The van der Waals surface area contributed by atoms with E-state index in [1.54, 1.807) is 13.0 Å². The van der Waals surface area contributed by atoms with Crippen molar-refractivity contribution in [2.75, 3.05) is 13.1 Å². The zero-order valence-electron chi connectivity index (χ0n) is 34.9. The Balaban J connectivity index is 0.000000316. The molecule has 1 aliphatic rings. The molecule has 0 aliphatic carbocycles. The zero-order valence-corrected chi connectivity index (χ0v) is 40.4. The van der Waals surface area contributed by atoms with Crippen LogP contribution in [0.4, 0.5) is 13.2 Å². The molecule has 0 saturated heterocycles. The van der Waals surface area contributed by atoms with Gasteiger partial charge in [0.25, 0.3) is 11.8 Å². The van der Waals surface area contributed by atoms with Gasteiger partial charge in [-0.3, -0.25) is 9.59 Å². The van der Waals surface area contributed by atoms with Gasteiger partial charge in [0.15, 0.2) is 5.60 Å². The van der Waals surface area contributed by atoms with E-state index >= 15 is 0 Å². The molecular formula is C44H45BBrCl4F3N5O4S. The predicted molar refractivity (Wildman–Crippen MR) is 257 cm³/mol. The Kier molecular flexibility index (Phi) is 21.2. The second kappa shape index (κ2) is 25.0. The third-order valence-electron chi connectivity index (χ3n) is 9.53. The van der Waals surface area contributed by atoms with Gasteiger partial charge in [0.05, 0.1) is 5.57 Å². The summed E-state index contributed by atoms with van der Waals surface area (Å²) in [5.74, 6) is -0.332. The van der Waals surface area contributed by atoms with Gasteiger partial charge in [0.2, 0.25) is 0 Å². The Hall–Kier alpha value is -3.86. The topological polar surface area (TPSA) is 125 Å². The molecule has 335 valence electrons. The van der Waals surface area contributed by atoms with E-state index in [9.17, 15) is 28.0 Å². The van der Waals surface area contributed by atoms with Crippen LogP contribution < -0.4 is 10.6 Å². The summed E-state index contributed by atoms with van der Waals surface area (Å²) in [6.07, 6.45) is -0.283. The second-order valence-electron chi connectivity index (χ2n) is 14.3. The van der Waals surface area contributed by atoms with Crippen LogP contribution in [0.15, 0.2) is 93.5 Å². The third-order valence-corrected chi connectivity index (χ3v) is 11.7. The van der Waals surface area contributed by atoms with Gasteiger partial charge in [0, 0.05) is 61.0 Å².